The van der Waals surface area contributed by atoms with Gasteiger partial charge in [0.25, 0.3) is 5.91 Å². The van der Waals surface area contributed by atoms with E-state index in [0.29, 0.717) is 23.1 Å². The quantitative estimate of drug-likeness (QED) is 0.662. The third-order valence-corrected chi connectivity index (χ3v) is 7.47. The Labute approximate surface area is 184 Å². The van der Waals surface area contributed by atoms with Crippen LogP contribution in [0.2, 0.25) is 0 Å². The van der Waals surface area contributed by atoms with Gasteiger partial charge in [-0.3, -0.25) is 14.4 Å². The number of carbonyl (C=O) groups is 3. The Bertz CT molecular complexity index is 1140. The van der Waals surface area contributed by atoms with Crippen LogP contribution in [0.4, 0.5) is 0 Å². The average molecular weight is 441 g/mol. The lowest BCUT2D eigenvalue weighted by Gasteiger charge is -2.37. The van der Waals surface area contributed by atoms with Gasteiger partial charge in [0, 0.05) is 18.0 Å². The lowest BCUT2D eigenvalue weighted by atomic mass is 9.79. The number of aromatic nitrogens is 2. The molecule has 3 fully saturated rings. The maximum atomic E-state index is 13.8. The van der Waals surface area contributed by atoms with E-state index in [2.05, 4.69) is 15.3 Å². The number of nitrogens with zero attached hydrogens (tertiary/aromatic N) is 1. The molecule has 2 amide bonds. The van der Waals surface area contributed by atoms with Crippen molar-refractivity contribution in [2.24, 2.45) is 11.3 Å². The van der Waals surface area contributed by atoms with Crippen LogP contribution in [0.15, 0.2) is 23.0 Å². The number of rotatable bonds is 4. The zero-order valence-electron chi connectivity index (χ0n) is 18.3. The highest BCUT2D eigenvalue weighted by Crippen LogP contribution is 2.42. The van der Waals surface area contributed by atoms with Crippen molar-refractivity contribution in [2.75, 3.05) is 13.2 Å². The van der Waals surface area contributed by atoms with Crippen LogP contribution in [-0.2, 0) is 14.3 Å². The summed E-state index contributed by atoms with van der Waals surface area (Å²) in [6.07, 6.45) is 3.38. The molecular formula is C23H28N4O5. The summed E-state index contributed by atoms with van der Waals surface area (Å²) in [5.41, 5.74) is 0.773. The van der Waals surface area contributed by atoms with E-state index < -0.39 is 12.1 Å². The van der Waals surface area contributed by atoms with Gasteiger partial charge in [0.15, 0.2) is 5.78 Å². The third kappa shape index (κ3) is 3.35. The molecule has 3 N–H and O–H groups in total. The number of hydrogen-bond donors (Lipinski definition) is 3. The molecule has 0 radical (unpaired) electrons. The molecule has 4 atom stereocenters. The number of amides is 2. The Balaban J connectivity index is 1.44. The Morgan fingerprint density at radius 1 is 1.19 bits per heavy atom. The monoisotopic (exact) mass is 440 g/mol. The van der Waals surface area contributed by atoms with E-state index in [1.807, 2.05) is 13.8 Å². The number of aromatic amines is 2. The van der Waals surface area contributed by atoms with E-state index in [4.69, 9.17) is 4.74 Å². The second kappa shape index (κ2) is 7.58. The average Bonchev–Trinajstić information content (AvgIpc) is 3.51. The SMILES string of the molecule is C[C@H]1CN(C(=O)[C@@H](NC(=O)c2ccc3[nH]c(=O)[nH]c3c2)C2(C)CCCC2)[C@@H]2C(=O)CO[C@@H]21. The second-order valence-corrected chi connectivity index (χ2v) is 9.76. The summed E-state index contributed by atoms with van der Waals surface area (Å²) in [4.78, 5) is 58.0. The predicted octanol–water partition coefficient (Wildman–Crippen LogP) is 1.35. The maximum Gasteiger partial charge on any atom is 0.323 e. The van der Waals surface area contributed by atoms with Crippen LogP contribution in [0.3, 0.4) is 0 Å². The van der Waals surface area contributed by atoms with Crippen molar-refractivity contribution in [3.63, 3.8) is 0 Å². The molecule has 0 unspecified atom stereocenters. The van der Waals surface area contributed by atoms with E-state index in [-0.39, 0.29) is 47.3 Å². The molecule has 9 nitrogen and oxygen atoms in total. The number of benzene rings is 1. The molecule has 3 heterocycles. The van der Waals surface area contributed by atoms with Crippen LogP contribution in [0.25, 0.3) is 11.0 Å². The number of likely N-dealkylation sites (tertiary alicyclic amines) is 1. The maximum absolute atomic E-state index is 13.8. The number of nitrogens with one attached hydrogen (secondary N) is 3. The molecule has 1 aromatic carbocycles. The van der Waals surface area contributed by atoms with Gasteiger partial charge in [0.05, 0.1) is 17.1 Å². The minimum absolute atomic E-state index is 0.0344. The molecule has 1 saturated carbocycles. The van der Waals surface area contributed by atoms with Gasteiger partial charge in [-0.2, -0.15) is 0 Å². The molecule has 2 aliphatic heterocycles. The van der Waals surface area contributed by atoms with Gasteiger partial charge < -0.3 is 24.9 Å². The summed E-state index contributed by atoms with van der Waals surface area (Å²) >= 11 is 0. The molecule has 0 bridgehead atoms. The highest BCUT2D eigenvalue weighted by Gasteiger charge is 2.54. The zero-order chi connectivity index (χ0) is 22.6. The van der Waals surface area contributed by atoms with Crippen LogP contribution in [0, 0.1) is 11.3 Å². The number of H-pyrrole nitrogens is 2. The van der Waals surface area contributed by atoms with Crippen LogP contribution < -0.4 is 11.0 Å². The summed E-state index contributed by atoms with van der Waals surface area (Å²) in [6, 6.07) is 3.59. The first-order valence-electron chi connectivity index (χ1n) is 11.2. The van der Waals surface area contributed by atoms with Gasteiger partial charge >= 0.3 is 5.69 Å². The van der Waals surface area contributed by atoms with Crippen molar-refractivity contribution in [3.05, 3.63) is 34.2 Å². The summed E-state index contributed by atoms with van der Waals surface area (Å²) < 4.78 is 5.64. The molecular weight excluding hydrogens is 412 g/mol. The number of imidazole rings is 1. The fraction of sp³-hybridized carbons (Fsp3) is 0.565. The number of fused-ring (bicyclic) bond motifs is 2. The molecule has 2 aromatic rings. The molecule has 9 heteroatoms. The standard InChI is InChI=1S/C23H28N4O5/c1-12-10-27(17-16(28)11-32-18(12)17)21(30)19(23(2)7-3-4-8-23)26-20(29)13-5-6-14-15(9-13)25-22(31)24-14/h5-6,9,12,17-19H,3-4,7-8,10-11H2,1-2H3,(H,26,29)(H2,24,25,31)/t12-,17+,18+,19+/m0/s1. The second-order valence-electron chi connectivity index (χ2n) is 9.76. The predicted molar refractivity (Wildman–Crippen MR) is 116 cm³/mol. The summed E-state index contributed by atoms with van der Waals surface area (Å²) in [5.74, 6) is -0.595. The first kappa shape index (κ1) is 20.9. The number of ketones is 1. The van der Waals surface area contributed by atoms with Crippen LogP contribution in [-0.4, -0.2) is 63.8 Å². The van der Waals surface area contributed by atoms with Crippen LogP contribution >= 0.6 is 0 Å². The zero-order valence-corrected chi connectivity index (χ0v) is 18.3. The van der Waals surface area contributed by atoms with Crippen molar-refractivity contribution in [1.29, 1.82) is 0 Å². The normalized spacial score (nSPS) is 27.6. The van der Waals surface area contributed by atoms with Crippen LogP contribution in [0.5, 0.6) is 0 Å². The van der Waals surface area contributed by atoms with E-state index in [0.717, 1.165) is 25.7 Å². The number of carbonyl (C=O) groups excluding carboxylic acids is 3. The van der Waals surface area contributed by atoms with E-state index in [1.54, 1.807) is 23.1 Å². The van der Waals surface area contributed by atoms with Gasteiger partial charge in [-0.1, -0.05) is 26.7 Å². The fourth-order valence-corrected chi connectivity index (χ4v) is 5.68. The Kier molecular flexibility index (Phi) is 4.96. The summed E-state index contributed by atoms with van der Waals surface area (Å²) in [7, 11) is 0. The molecule has 1 aromatic heterocycles. The van der Waals surface area contributed by atoms with Crippen molar-refractivity contribution in [1.82, 2.24) is 20.2 Å². The van der Waals surface area contributed by atoms with Gasteiger partial charge in [-0.05, 0) is 36.5 Å². The molecule has 170 valence electrons. The summed E-state index contributed by atoms with van der Waals surface area (Å²) in [5, 5.41) is 2.99. The number of hydrogen-bond acceptors (Lipinski definition) is 5. The molecule has 0 spiro atoms. The molecule has 32 heavy (non-hydrogen) atoms. The lowest BCUT2D eigenvalue weighted by Crippen LogP contribution is -2.57. The van der Waals surface area contributed by atoms with E-state index >= 15 is 0 Å². The van der Waals surface area contributed by atoms with Gasteiger partial charge in [0.2, 0.25) is 5.91 Å². The van der Waals surface area contributed by atoms with Crippen molar-refractivity contribution in [2.45, 2.75) is 57.7 Å². The topological polar surface area (TPSA) is 124 Å². The van der Waals surface area contributed by atoms with Crippen molar-refractivity contribution >= 4 is 28.6 Å². The fourth-order valence-electron chi connectivity index (χ4n) is 5.68. The first-order chi connectivity index (χ1) is 15.3. The Morgan fingerprint density at radius 3 is 2.66 bits per heavy atom. The summed E-state index contributed by atoms with van der Waals surface area (Å²) in [6.45, 7) is 4.51. The lowest BCUT2D eigenvalue weighted by molar-refractivity contribution is -0.140. The van der Waals surface area contributed by atoms with Gasteiger partial charge in [-0.25, -0.2) is 4.79 Å². The molecule has 5 rings (SSSR count). The highest BCUT2D eigenvalue weighted by atomic mass is 16.5. The van der Waals surface area contributed by atoms with E-state index in [9.17, 15) is 19.2 Å². The Hall–Kier alpha value is -2.94. The molecule has 1 aliphatic carbocycles. The highest BCUT2D eigenvalue weighted by molar-refractivity contribution is 6.01. The first-order valence-corrected chi connectivity index (χ1v) is 11.2. The third-order valence-electron chi connectivity index (χ3n) is 7.47. The molecule has 3 aliphatic rings. The minimum Gasteiger partial charge on any atom is -0.367 e. The van der Waals surface area contributed by atoms with E-state index in [1.165, 1.54) is 0 Å². The number of ether oxygens (including phenoxy) is 1. The largest absolute Gasteiger partial charge is 0.367 e. The molecule has 2 saturated heterocycles. The van der Waals surface area contributed by atoms with Gasteiger partial charge in [0.1, 0.15) is 18.7 Å². The number of Topliss-reactive ketones (excluding diaryl/α,β-unsaturated/α-hetero) is 1. The Morgan fingerprint density at radius 2 is 1.91 bits per heavy atom. The van der Waals surface area contributed by atoms with Gasteiger partial charge in [-0.15, -0.1) is 0 Å². The van der Waals surface area contributed by atoms with Crippen molar-refractivity contribution < 1.29 is 19.1 Å². The van der Waals surface area contributed by atoms with Crippen molar-refractivity contribution in [3.8, 4) is 0 Å². The van der Waals surface area contributed by atoms with Crippen LogP contribution in [0.1, 0.15) is 49.9 Å². The smallest absolute Gasteiger partial charge is 0.323 e. The minimum atomic E-state index is -0.738.